The minimum absolute atomic E-state index is 0.225. The lowest BCUT2D eigenvalue weighted by molar-refractivity contribution is 1.19. The van der Waals surface area contributed by atoms with Gasteiger partial charge in [0.1, 0.15) is 5.52 Å². The minimum atomic E-state index is -0.225. The summed E-state index contributed by atoms with van der Waals surface area (Å²) >= 11 is 3.44. The number of hydrogen-bond acceptors (Lipinski definition) is 4. The number of rotatable bonds is 2. The van der Waals surface area contributed by atoms with Crippen molar-refractivity contribution in [2.45, 2.75) is 0 Å². The second kappa shape index (κ2) is 6.65. The lowest BCUT2D eigenvalue weighted by Crippen LogP contribution is -2.07. The van der Waals surface area contributed by atoms with Gasteiger partial charge in [0.25, 0.3) is 5.56 Å². The van der Waals surface area contributed by atoms with E-state index >= 15 is 0 Å². The smallest absolute Gasteiger partial charge is 0.250 e. The maximum absolute atomic E-state index is 11.9. The third-order valence-electron chi connectivity index (χ3n) is 4.55. The first kappa shape index (κ1) is 16.8. The second-order valence-electron chi connectivity index (χ2n) is 6.38. The molecule has 1 N–H and O–H groups in total. The molecular formula is C22H13BrN4O. The van der Waals surface area contributed by atoms with Crippen molar-refractivity contribution in [3.63, 3.8) is 0 Å². The summed E-state index contributed by atoms with van der Waals surface area (Å²) in [7, 11) is 0. The van der Waals surface area contributed by atoms with Crippen molar-refractivity contribution < 1.29 is 0 Å². The Balaban J connectivity index is 1.85. The van der Waals surface area contributed by atoms with Crippen LogP contribution in [0.4, 0.5) is 0 Å². The molecule has 0 bridgehead atoms. The first-order valence-corrected chi connectivity index (χ1v) is 9.49. The summed E-state index contributed by atoms with van der Waals surface area (Å²) in [5.41, 5.74) is 5.09. The molecule has 0 aliphatic carbocycles. The Labute approximate surface area is 168 Å². The number of nitrogens with zero attached hydrogens (tertiary/aromatic N) is 3. The standard InChI is InChI=1S/C22H13BrN4O/c23-16-12-18(28)25-22-21(16)26-20(19(27-22)13-5-2-1-3-6-13)15-8-9-17-14(11-15)7-4-10-24-17/h1-12H,(H,25,27,28). The van der Waals surface area contributed by atoms with Gasteiger partial charge in [0.05, 0.1) is 21.4 Å². The van der Waals surface area contributed by atoms with Gasteiger partial charge in [-0.2, -0.15) is 0 Å². The number of halogens is 1. The van der Waals surface area contributed by atoms with Gasteiger partial charge in [-0.15, -0.1) is 0 Å². The van der Waals surface area contributed by atoms with Gasteiger partial charge in [0, 0.05) is 28.8 Å². The summed E-state index contributed by atoms with van der Waals surface area (Å²) in [6.07, 6.45) is 1.78. The Hall–Kier alpha value is -3.38. The summed E-state index contributed by atoms with van der Waals surface area (Å²) in [4.78, 5) is 28.7. The van der Waals surface area contributed by atoms with Crippen LogP contribution in [0.1, 0.15) is 0 Å². The van der Waals surface area contributed by atoms with Crippen LogP contribution >= 0.6 is 15.9 Å². The van der Waals surface area contributed by atoms with Gasteiger partial charge in [-0.05, 0) is 34.1 Å². The van der Waals surface area contributed by atoms with Crippen molar-refractivity contribution in [1.82, 2.24) is 19.9 Å². The summed E-state index contributed by atoms with van der Waals surface area (Å²) in [6.45, 7) is 0. The van der Waals surface area contributed by atoms with E-state index in [0.717, 1.165) is 27.7 Å². The van der Waals surface area contributed by atoms with Gasteiger partial charge < -0.3 is 4.98 Å². The number of aromatic amines is 1. The highest BCUT2D eigenvalue weighted by Gasteiger charge is 2.15. The Morgan fingerprint density at radius 3 is 2.50 bits per heavy atom. The van der Waals surface area contributed by atoms with Gasteiger partial charge in [0.15, 0.2) is 5.65 Å². The van der Waals surface area contributed by atoms with Gasteiger partial charge in [-0.1, -0.05) is 42.5 Å². The predicted octanol–water partition coefficient (Wildman–Crippen LogP) is 4.96. The zero-order valence-electron chi connectivity index (χ0n) is 14.6. The number of hydrogen-bond donors (Lipinski definition) is 1. The van der Waals surface area contributed by atoms with E-state index in [1.165, 1.54) is 6.07 Å². The highest BCUT2D eigenvalue weighted by Crippen LogP contribution is 2.33. The number of fused-ring (bicyclic) bond motifs is 2. The molecule has 0 amide bonds. The Morgan fingerprint density at radius 1 is 0.821 bits per heavy atom. The van der Waals surface area contributed by atoms with Crippen molar-refractivity contribution in [1.29, 1.82) is 0 Å². The molecule has 0 fully saturated rings. The van der Waals surface area contributed by atoms with Gasteiger partial charge >= 0.3 is 0 Å². The first-order valence-electron chi connectivity index (χ1n) is 8.70. The van der Waals surface area contributed by atoms with Crippen LogP contribution in [-0.2, 0) is 0 Å². The number of aromatic nitrogens is 4. The molecule has 0 spiro atoms. The second-order valence-corrected chi connectivity index (χ2v) is 7.23. The lowest BCUT2D eigenvalue weighted by Gasteiger charge is -2.11. The van der Waals surface area contributed by atoms with Crippen LogP contribution in [0.15, 0.2) is 82.2 Å². The normalized spacial score (nSPS) is 11.2. The van der Waals surface area contributed by atoms with Crippen LogP contribution in [0, 0.1) is 0 Å². The van der Waals surface area contributed by atoms with Crippen LogP contribution in [0.3, 0.4) is 0 Å². The van der Waals surface area contributed by atoms with Crippen LogP contribution in [0.5, 0.6) is 0 Å². The predicted molar refractivity (Wildman–Crippen MR) is 114 cm³/mol. The highest BCUT2D eigenvalue weighted by molar-refractivity contribution is 9.10. The van der Waals surface area contributed by atoms with E-state index in [1.54, 1.807) is 6.20 Å². The fraction of sp³-hybridized carbons (Fsp3) is 0. The quantitative estimate of drug-likeness (QED) is 0.431. The van der Waals surface area contributed by atoms with Crippen molar-refractivity contribution in [2.75, 3.05) is 0 Å². The van der Waals surface area contributed by atoms with E-state index in [0.29, 0.717) is 21.3 Å². The zero-order chi connectivity index (χ0) is 19.1. The van der Waals surface area contributed by atoms with Crippen LogP contribution < -0.4 is 5.56 Å². The fourth-order valence-electron chi connectivity index (χ4n) is 3.25. The average Bonchev–Trinajstić information content (AvgIpc) is 2.73. The Kier molecular flexibility index (Phi) is 3.98. The molecule has 5 rings (SSSR count). The van der Waals surface area contributed by atoms with E-state index in [9.17, 15) is 4.79 Å². The highest BCUT2D eigenvalue weighted by atomic mass is 79.9. The summed E-state index contributed by atoms with van der Waals surface area (Å²) < 4.78 is 0.613. The molecule has 0 aliphatic rings. The molecule has 2 aromatic carbocycles. The van der Waals surface area contributed by atoms with E-state index in [-0.39, 0.29) is 5.56 Å². The molecule has 28 heavy (non-hydrogen) atoms. The Morgan fingerprint density at radius 2 is 1.64 bits per heavy atom. The minimum Gasteiger partial charge on any atom is -0.305 e. The molecule has 0 saturated heterocycles. The maximum atomic E-state index is 11.9. The third kappa shape index (κ3) is 2.88. The van der Waals surface area contributed by atoms with Crippen molar-refractivity contribution in [3.8, 4) is 22.5 Å². The lowest BCUT2D eigenvalue weighted by atomic mass is 10.0. The molecule has 5 aromatic rings. The zero-order valence-corrected chi connectivity index (χ0v) is 16.1. The molecule has 134 valence electrons. The van der Waals surface area contributed by atoms with Gasteiger partial charge in [-0.25, -0.2) is 9.97 Å². The van der Waals surface area contributed by atoms with E-state index in [1.807, 2.05) is 54.6 Å². The molecule has 6 heteroatoms. The van der Waals surface area contributed by atoms with Crippen molar-refractivity contribution in [2.24, 2.45) is 0 Å². The summed E-state index contributed by atoms with van der Waals surface area (Å²) in [5.74, 6) is 0. The van der Waals surface area contributed by atoms with E-state index in [2.05, 4.69) is 32.0 Å². The number of nitrogens with one attached hydrogen (secondary N) is 1. The SMILES string of the molecule is O=c1cc(Br)c2nc(-c3ccc4ncccc4c3)c(-c3ccccc3)nc2[nH]1. The topological polar surface area (TPSA) is 71.5 Å². The third-order valence-corrected chi connectivity index (χ3v) is 5.15. The summed E-state index contributed by atoms with van der Waals surface area (Å²) in [6, 6.07) is 21.3. The molecule has 5 nitrogen and oxygen atoms in total. The van der Waals surface area contributed by atoms with E-state index in [4.69, 9.17) is 9.97 Å². The molecule has 0 aliphatic heterocycles. The number of pyridine rings is 2. The van der Waals surface area contributed by atoms with Crippen molar-refractivity contribution in [3.05, 3.63) is 87.8 Å². The molecule has 3 aromatic heterocycles. The average molecular weight is 429 g/mol. The van der Waals surface area contributed by atoms with E-state index < -0.39 is 0 Å². The number of benzene rings is 2. The fourth-order valence-corrected chi connectivity index (χ4v) is 3.73. The van der Waals surface area contributed by atoms with Crippen LogP contribution in [-0.4, -0.2) is 19.9 Å². The molecule has 0 unspecified atom stereocenters. The molecule has 0 radical (unpaired) electrons. The largest absolute Gasteiger partial charge is 0.305 e. The molecular weight excluding hydrogens is 416 g/mol. The Bertz CT molecular complexity index is 1400. The van der Waals surface area contributed by atoms with Gasteiger partial charge in [0.2, 0.25) is 0 Å². The van der Waals surface area contributed by atoms with Gasteiger partial charge in [-0.3, -0.25) is 9.78 Å². The first-order chi connectivity index (χ1) is 13.7. The van der Waals surface area contributed by atoms with Crippen LogP contribution in [0.25, 0.3) is 44.6 Å². The van der Waals surface area contributed by atoms with Crippen molar-refractivity contribution >= 4 is 38.0 Å². The molecule has 0 atom stereocenters. The summed E-state index contributed by atoms with van der Waals surface area (Å²) in [5, 5.41) is 1.03. The molecule has 3 heterocycles. The monoisotopic (exact) mass is 428 g/mol. The maximum Gasteiger partial charge on any atom is 0.250 e. The van der Waals surface area contributed by atoms with Crippen LogP contribution in [0.2, 0.25) is 0 Å². The molecule has 0 saturated carbocycles. The number of H-pyrrole nitrogens is 1.